The SMILES string of the molecule is CCCN(CCC)CC1CCNC1.Cl.Cl. The Morgan fingerprint density at radius 3 is 2.13 bits per heavy atom. The third kappa shape index (κ3) is 7.40. The molecule has 0 aliphatic carbocycles. The van der Waals surface area contributed by atoms with Gasteiger partial charge in [0.05, 0.1) is 0 Å². The number of rotatable bonds is 6. The molecule has 1 atom stereocenters. The van der Waals surface area contributed by atoms with Crippen LogP contribution in [0.5, 0.6) is 0 Å². The Bertz CT molecular complexity index is 122. The predicted octanol–water partition coefficient (Wildman–Crippen LogP) is 2.56. The van der Waals surface area contributed by atoms with Gasteiger partial charge in [0.2, 0.25) is 0 Å². The lowest BCUT2D eigenvalue weighted by Gasteiger charge is -2.23. The van der Waals surface area contributed by atoms with Crippen LogP contribution in [0.3, 0.4) is 0 Å². The average molecular weight is 257 g/mol. The van der Waals surface area contributed by atoms with E-state index in [1.54, 1.807) is 0 Å². The molecule has 15 heavy (non-hydrogen) atoms. The predicted molar refractivity (Wildman–Crippen MR) is 72.5 cm³/mol. The molecule has 2 nitrogen and oxygen atoms in total. The first-order chi connectivity index (χ1) is 6.36. The average Bonchev–Trinajstić information content (AvgIpc) is 2.58. The van der Waals surface area contributed by atoms with E-state index in [1.807, 2.05) is 0 Å². The van der Waals surface area contributed by atoms with Gasteiger partial charge >= 0.3 is 0 Å². The molecule has 1 aliphatic rings. The van der Waals surface area contributed by atoms with Gasteiger partial charge in [0.15, 0.2) is 0 Å². The summed E-state index contributed by atoms with van der Waals surface area (Å²) in [7, 11) is 0. The van der Waals surface area contributed by atoms with Crippen molar-refractivity contribution in [3.8, 4) is 0 Å². The van der Waals surface area contributed by atoms with Crippen LogP contribution >= 0.6 is 24.8 Å². The summed E-state index contributed by atoms with van der Waals surface area (Å²) in [4.78, 5) is 2.62. The Balaban J connectivity index is 0. The first kappa shape index (κ1) is 17.9. The summed E-state index contributed by atoms with van der Waals surface area (Å²) < 4.78 is 0. The quantitative estimate of drug-likeness (QED) is 0.786. The van der Waals surface area contributed by atoms with Crippen LogP contribution in [-0.2, 0) is 0 Å². The van der Waals surface area contributed by atoms with Crippen molar-refractivity contribution in [2.24, 2.45) is 5.92 Å². The molecule has 0 spiro atoms. The van der Waals surface area contributed by atoms with E-state index >= 15 is 0 Å². The Morgan fingerprint density at radius 2 is 1.73 bits per heavy atom. The van der Waals surface area contributed by atoms with Crippen molar-refractivity contribution in [1.82, 2.24) is 10.2 Å². The summed E-state index contributed by atoms with van der Waals surface area (Å²) in [5.41, 5.74) is 0. The lowest BCUT2D eigenvalue weighted by molar-refractivity contribution is 0.238. The molecule has 1 N–H and O–H groups in total. The summed E-state index contributed by atoms with van der Waals surface area (Å²) in [6.45, 7) is 10.9. The molecule has 4 heteroatoms. The van der Waals surface area contributed by atoms with Crippen molar-refractivity contribution >= 4 is 24.8 Å². The fourth-order valence-corrected chi connectivity index (χ4v) is 2.16. The van der Waals surface area contributed by atoms with Crippen LogP contribution < -0.4 is 5.32 Å². The molecule has 0 radical (unpaired) electrons. The second-order valence-corrected chi connectivity index (χ2v) is 4.16. The van der Waals surface area contributed by atoms with Gasteiger partial charge in [0.25, 0.3) is 0 Å². The minimum Gasteiger partial charge on any atom is -0.316 e. The highest BCUT2D eigenvalue weighted by atomic mass is 35.5. The van der Waals surface area contributed by atoms with E-state index in [-0.39, 0.29) is 24.8 Å². The molecule has 0 aromatic carbocycles. The molecular weight excluding hydrogens is 231 g/mol. The summed E-state index contributed by atoms with van der Waals surface area (Å²) in [5.74, 6) is 0.915. The van der Waals surface area contributed by atoms with Gasteiger partial charge in [-0.15, -0.1) is 24.8 Å². The zero-order chi connectivity index (χ0) is 9.52. The van der Waals surface area contributed by atoms with Gasteiger partial charge < -0.3 is 10.2 Å². The van der Waals surface area contributed by atoms with E-state index in [2.05, 4.69) is 24.1 Å². The van der Waals surface area contributed by atoms with Crippen molar-refractivity contribution in [2.75, 3.05) is 32.7 Å². The highest BCUT2D eigenvalue weighted by Crippen LogP contribution is 2.10. The van der Waals surface area contributed by atoms with Crippen LogP contribution in [-0.4, -0.2) is 37.6 Å². The van der Waals surface area contributed by atoms with Gasteiger partial charge in [0, 0.05) is 6.54 Å². The van der Waals surface area contributed by atoms with Crippen LogP contribution in [0.4, 0.5) is 0 Å². The fraction of sp³-hybridized carbons (Fsp3) is 1.00. The number of nitrogens with zero attached hydrogens (tertiary/aromatic N) is 1. The Labute approximate surface area is 107 Å². The van der Waals surface area contributed by atoms with Gasteiger partial charge in [-0.2, -0.15) is 0 Å². The zero-order valence-corrected chi connectivity index (χ0v) is 11.6. The highest BCUT2D eigenvalue weighted by molar-refractivity contribution is 5.85. The molecule has 1 rings (SSSR count). The lowest BCUT2D eigenvalue weighted by Crippen LogP contribution is -2.31. The van der Waals surface area contributed by atoms with E-state index in [4.69, 9.17) is 0 Å². The van der Waals surface area contributed by atoms with E-state index in [9.17, 15) is 0 Å². The molecule has 0 saturated carbocycles. The van der Waals surface area contributed by atoms with Gasteiger partial charge in [-0.3, -0.25) is 0 Å². The minimum absolute atomic E-state index is 0. The maximum atomic E-state index is 3.44. The summed E-state index contributed by atoms with van der Waals surface area (Å²) in [6.07, 6.45) is 3.96. The van der Waals surface area contributed by atoms with Crippen molar-refractivity contribution < 1.29 is 0 Å². The van der Waals surface area contributed by atoms with E-state index in [0.29, 0.717) is 0 Å². The molecule has 0 aromatic heterocycles. The lowest BCUT2D eigenvalue weighted by atomic mass is 10.1. The number of hydrogen-bond acceptors (Lipinski definition) is 2. The zero-order valence-electron chi connectivity index (χ0n) is 10.00. The van der Waals surface area contributed by atoms with Crippen molar-refractivity contribution in [2.45, 2.75) is 33.1 Å². The molecule has 0 bridgehead atoms. The minimum atomic E-state index is 0. The van der Waals surface area contributed by atoms with Crippen molar-refractivity contribution in [3.63, 3.8) is 0 Å². The molecule has 1 aliphatic heterocycles. The molecule has 1 fully saturated rings. The van der Waals surface area contributed by atoms with Crippen molar-refractivity contribution in [3.05, 3.63) is 0 Å². The van der Waals surface area contributed by atoms with E-state index in [1.165, 1.54) is 52.0 Å². The summed E-state index contributed by atoms with van der Waals surface area (Å²) in [6, 6.07) is 0. The molecule has 1 heterocycles. The Morgan fingerprint density at radius 1 is 1.13 bits per heavy atom. The number of hydrogen-bond donors (Lipinski definition) is 1. The topological polar surface area (TPSA) is 15.3 Å². The molecule has 0 aromatic rings. The number of halogens is 2. The van der Waals surface area contributed by atoms with E-state index < -0.39 is 0 Å². The van der Waals surface area contributed by atoms with Crippen molar-refractivity contribution in [1.29, 1.82) is 0 Å². The van der Waals surface area contributed by atoms with E-state index in [0.717, 1.165) is 5.92 Å². The van der Waals surface area contributed by atoms with Gasteiger partial charge in [-0.05, 0) is 51.4 Å². The first-order valence-electron chi connectivity index (χ1n) is 5.79. The largest absolute Gasteiger partial charge is 0.316 e. The highest BCUT2D eigenvalue weighted by Gasteiger charge is 2.16. The van der Waals surface area contributed by atoms with Crippen LogP contribution in [0.1, 0.15) is 33.1 Å². The third-order valence-corrected chi connectivity index (χ3v) is 2.76. The monoisotopic (exact) mass is 256 g/mol. The first-order valence-corrected chi connectivity index (χ1v) is 5.79. The Hall–Kier alpha value is 0.500. The second kappa shape index (κ2) is 11.0. The molecule has 1 unspecified atom stereocenters. The second-order valence-electron chi connectivity index (χ2n) is 4.16. The van der Waals surface area contributed by atoms with Crippen LogP contribution in [0.25, 0.3) is 0 Å². The fourth-order valence-electron chi connectivity index (χ4n) is 2.16. The maximum absolute atomic E-state index is 3.44. The normalized spacial score (nSPS) is 19.8. The van der Waals surface area contributed by atoms with Crippen LogP contribution in [0.15, 0.2) is 0 Å². The maximum Gasteiger partial charge on any atom is 0.00223 e. The van der Waals surface area contributed by atoms with Crippen LogP contribution in [0, 0.1) is 5.92 Å². The number of nitrogens with one attached hydrogen (secondary N) is 1. The molecule has 0 amide bonds. The van der Waals surface area contributed by atoms with Crippen LogP contribution in [0.2, 0.25) is 0 Å². The molecular formula is C11H26Cl2N2. The third-order valence-electron chi connectivity index (χ3n) is 2.76. The molecule has 1 saturated heterocycles. The smallest absolute Gasteiger partial charge is 0.00223 e. The Kier molecular flexibility index (Phi) is 13.1. The van der Waals surface area contributed by atoms with Gasteiger partial charge in [-0.1, -0.05) is 13.8 Å². The van der Waals surface area contributed by atoms with Gasteiger partial charge in [-0.25, -0.2) is 0 Å². The standard InChI is InChI=1S/C11H24N2.2ClH/c1-3-7-13(8-4-2)10-11-5-6-12-9-11;;/h11-12H,3-10H2,1-2H3;2*1H. The van der Waals surface area contributed by atoms with Gasteiger partial charge in [0.1, 0.15) is 0 Å². The summed E-state index contributed by atoms with van der Waals surface area (Å²) >= 11 is 0. The molecule has 94 valence electrons. The summed E-state index contributed by atoms with van der Waals surface area (Å²) in [5, 5.41) is 3.44.